The number of H-pyrrole nitrogens is 2. The van der Waals surface area contributed by atoms with E-state index in [-0.39, 0.29) is 5.78 Å². The summed E-state index contributed by atoms with van der Waals surface area (Å²) in [6, 6.07) is 11.2. The third-order valence-electron chi connectivity index (χ3n) is 3.73. The summed E-state index contributed by atoms with van der Waals surface area (Å²) in [6.07, 6.45) is 3.40. The molecule has 0 aliphatic heterocycles. The lowest BCUT2D eigenvalue weighted by atomic mass is 10.1. The summed E-state index contributed by atoms with van der Waals surface area (Å²) < 4.78 is 5.20. The molecule has 0 saturated carbocycles. The van der Waals surface area contributed by atoms with E-state index in [9.17, 15) is 4.79 Å². The first-order chi connectivity index (χ1) is 10.7. The molecule has 0 bridgehead atoms. The zero-order chi connectivity index (χ0) is 15.1. The molecule has 0 spiro atoms. The summed E-state index contributed by atoms with van der Waals surface area (Å²) in [5.41, 5.74) is 2.78. The van der Waals surface area contributed by atoms with Crippen LogP contribution in [0.1, 0.15) is 16.1 Å². The molecule has 4 rings (SSSR count). The number of benzene rings is 1. The molecule has 5 nitrogen and oxygen atoms in total. The highest BCUT2D eigenvalue weighted by Gasteiger charge is 2.13. The second-order valence-corrected chi connectivity index (χ2v) is 5.10. The molecular weight excluding hydrogens is 278 g/mol. The highest BCUT2D eigenvalue weighted by atomic mass is 16.5. The molecule has 108 valence electrons. The fourth-order valence-corrected chi connectivity index (χ4v) is 2.58. The Labute approximate surface area is 125 Å². The fraction of sp³-hybridized carbons (Fsp3) is 0.0588. The normalized spacial score (nSPS) is 11.1. The van der Waals surface area contributed by atoms with Gasteiger partial charge in [-0.1, -0.05) is 0 Å². The summed E-state index contributed by atoms with van der Waals surface area (Å²) in [6.45, 7) is 0. The number of carbonyl (C=O) groups is 1. The lowest BCUT2D eigenvalue weighted by molar-refractivity contribution is 0.103. The molecule has 2 N–H and O–H groups in total. The molecule has 1 aromatic carbocycles. The van der Waals surface area contributed by atoms with Crippen molar-refractivity contribution in [3.05, 3.63) is 60.0 Å². The third-order valence-corrected chi connectivity index (χ3v) is 3.73. The van der Waals surface area contributed by atoms with E-state index in [1.165, 1.54) is 0 Å². The first-order valence-corrected chi connectivity index (χ1v) is 6.89. The van der Waals surface area contributed by atoms with Gasteiger partial charge in [0.2, 0.25) is 5.78 Å². The van der Waals surface area contributed by atoms with E-state index in [4.69, 9.17) is 4.74 Å². The Morgan fingerprint density at radius 2 is 2.05 bits per heavy atom. The molecule has 0 radical (unpaired) electrons. The number of carbonyl (C=O) groups excluding carboxylic acids is 1. The van der Waals surface area contributed by atoms with E-state index in [2.05, 4.69) is 15.0 Å². The number of nitrogens with zero attached hydrogens (tertiary/aromatic N) is 1. The standard InChI is InChI=1S/C17H13N3O2/c1-22-13-2-3-14-11(7-13)8-15(20-14)16(21)12-6-10-4-5-18-17(10)19-9-12/h2-9,20H,1H3,(H,18,19). The summed E-state index contributed by atoms with van der Waals surface area (Å²) >= 11 is 0. The first-order valence-electron chi connectivity index (χ1n) is 6.89. The van der Waals surface area contributed by atoms with Gasteiger partial charge in [0.1, 0.15) is 11.4 Å². The van der Waals surface area contributed by atoms with Crippen molar-refractivity contribution >= 4 is 27.7 Å². The first kappa shape index (κ1) is 12.6. The van der Waals surface area contributed by atoms with Gasteiger partial charge in [-0.3, -0.25) is 4.79 Å². The molecule has 0 aliphatic carbocycles. The number of nitrogens with one attached hydrogen (secondary N) is 2. The number of aromatic amines is 2. The maximum absolute atomic E-state index is 12.6. The molecule has 0 fully saturated rings. The summed E-state index contributed by atoms with van der Waals surface area (Å²) in [4.78, 5) is 23.0. The Morgan fingerprint density at radius 3 is 2.91 bits per heavy atom. The molecule has 0 unspecified atom stereocenters. The Hall–Kier alpha value is -3.08. The van der Waals surface area contributed by atoms with Gasteiger partial charge in [-0.25, -0.2) is 4.98 Å². The van der Waals surface area contributed by atoms with E-state index in [0.717, 1.165) is 27.7 Å². The number of methoxy groups -OCH3 is 1. The van der Waals surface area contributed by atoms with Crippen LogP contribution in [0.15, 0.2) is 48.8 Å². The highest BCUT2D eigenvalue weighted by molar-refractivity contribution is 6.11. The van der Waals surface area contributed by atoms with Gasteiger partial charge in [-0.05, 0) is 36.4 Å². The van der Waals surface area contributed by atoms with Crippen molar-refractivity contribution in [3.8, 4) is 5.75 Å². The second kappa shape index (κ2) is 4.73. The predicted octanol–water partition coefficient (Wildman–Crippen LogP) is 3.28. The van der Waals surface area contributed by atoms with Crippen molar-refractivity contribution in [2.75, 3.05) is 7.11 Å². The number of hydrogen-bond donors (Lipinski definition) is 2. The maximum atomic E-state index is 12.6. The quantitative estimate of drug-likeness (QED) is 0.569. The Bertz CT molecular complexity index is 997. The van der Waals surface area contributed by atoms with Gasteiger partial charge in [0.15, 0.2) is 0 Å². The van der Waals surface area contributed by atoms with E-state index in [1.807, 2.05) is 36.4 Å². The van der Waals surface area contributed by atoms with Crippen LogP contribution in [0.25, 0.3) is 21.9 Å². The predicted molar refractivity (Wildman–Crippen MR) is 84.4 cm³/mol. The van der Waals surface area contributed by atoms with E-state index in [0.29, 0.717) is 11.3 Å². The van der Waals surface area contributed by atoms with Gasteiger partial charge in [0.25, 0.3) is 0 Å². The Kier molecular flexibility index (Phi) is 2.72. The van der Waals surface area contributed by atoms with Gasteiger partial charge in [-0.15, -0.1) is 0 Å². The molecule has 22 heavy (non-hydrogen) atoms. The number of rotatable bonds is 3. The molecule has 0 aliphatic rings. The summed E-state index contributed by atoms with van der Waals surface area (Å²) in [7, 11) is 1.62. The average molecular weight is 291 g/mol. The minimum Gasteiger partial charge on any atom is -0.497 e. The van der Waals surface area contributed by atoms with Crippen LogP contribution in [-0.2, 0) is 0 Å². The van der Waals surface area contributed by atoms with Crippen molar-refractivity contribution in [3.63, 3.8) is 0 Å². The molecule has 0 atom stereocenters. The van der Waals surface area contributed by atoms with Crippen LogP contribution in [0.2, 0.25) is 0 Å². The molecule has 3 aromatic heterocycles. The van der Waals surface area contributed by atoms with Crippen LogP contribution < -0.4 is 4.74 Å². The second-order valence-electron chi connectivity index (χ2n) is 5.10. The average Bonchev–Trinajstić information content (AvgIpc) is 3.18. The Morgan fingerprint density at radius 1 is 1.14 bits per heavy atom. The number of fused-ring (bicyclic) bond motifs is 2. The van der Waals surface area contributed by atoms with Crippen LogP contribution in [-0.4, -0.2) is 27.8 Å². The van der Waals surface area contributed by atoms with Gasteiger partial charge >= 0.3 is 0 Å². The SMILES string of the molecule is COc1ccc2[nH]c(C(=O)c3cnc4[nH]ccc4c3)cc2c1. The molecule has 4 aromatic rings. The van der Waals surface area contributed by atoms with Crippen LogP contribution >= 0.6 is 0 Å². The monoisotopic (exact) mass is 291 g/mol. The number of hydrogen-bond acceptors (Lipinski definition) is 3. The number of ether oxygens (including phenoxy) is 1. The lowest BCUT2D eigenvalue weighted by Gasteiger charge is -1.98. The van der Waals surface area contributed by atoms with Crippen molar-refractivity contribution in [2.45, 2.75) is 0 Å². The lowest BCUT2D eigenvalue weighted by Crippen LogP contribution is -2.02. The van der Waals surface area contributed by atoms with Gasteiger partial charge < -0.3 is 14.7 Å². The zero-order valence-electron chi connectivity index (χ0n) is 11.9. The molecule has 0 amide bonds. The van der Waals surface area contributed by atoms with Crippen LogP contribution in [0.4, 0.5) is 0 Å². The van der Waals surface area contributed by atoms with Crippen LogP contribution in [0.5, 0.6) is 5.75 Å². The molecule has 0 saturated heterocycles. The minimum atomic E-state index is -0.0780. The minimum absolute atomic E-state index is 0.0780. The maximum Gasteiger partial charge on any atom is 0.210 e. The van der Waals surface area contributed by atoms with Crippen LogP contribution in [0, 0.1) is 0 Å². The van der Waals surface area contributed by atoms with Gasteiger partial charge in [0, 0.05) is 34.2 Å². The molecular formula is C17H13N3O2. The summed E-state index contributed by atoms with van der Waals surface area (Å²) in [5.74, 6) is 0.687. The van der Waals surface area contributed by atoms with E-state index < -0.39 is 0 Å². The van der Waals surface area contributed by atoms with Gasteiger partial charge in [-0.2, -0.15) is 0 Å². The highest BCUT2D eigenvalue weighted by Crippen LogP contribution is 2.23. The van der Waals surface area contributed by atoms with Crippen molar-refractivity contribution in [1.82, 2.24) is 15.0 Å². The van der Waals surface area contributed by atoms with E-state index in [1.54, 1.807) is 19.5 Å². The fourth-order valence-electron chi connectivity index (χ4n) is 2.58. The van der Waals surface area contributed by atoms with Crippen LogP contribution in [0.3, 0.4) is 0 Å². The topological polar surface area (TPSA) is 70.8 Å². The Balaban J connectivity index is 1.77. The number of ketones is 1. The zero-order valence-corrected chi connectivity index (χ0v) is 11.9. The third kappa shape index (κ3) is 1.95. The smallest absolute Gasteiger partial charge is 0.210 e. The van der Waals surface area contributed by atoms with Crippen molar-refractivity contribution in [1.29, 1.82) is 0 Å². The van der Waals surface area contributed by atoms with Gasteiger partial charge in [0.05, 0.1) is 12.8 Å². The largest absolute Gasteiger partial charge is 0.497 e. The molecule has 3 heterocycles. The van der Waals surface area contributed by atoms with Crippen molar-refractivity contribution < 1.29 is 9.53 Å². The van der Waals surface area contributed by atoms with E-state index >= 15 is 0 Å². The molecule has 5 heteroatoms. The number of pyridine rings is 1. The number of aromatic nitrogens is 3. The summed E-state index contributed by atoms with van der Waals surface area (Å²) in [5, 5.41) is 1.86. The van der Waals surface area contributed by atoms with Crippen molar-refractivity contribution in [2.24, 2.45) is 0 Å².